The molecule has 1 saturated heterocycles. The average Bonchev–Trinajstić information content (AvgIpc) is 3.33. The fourth-order valence-electron chi connectivity index (χ4n) is 4.83. The number of rotatable bonds is 15. The third kappa shape index (κ3) is 8.75. The molecule has 1 aliphatic rings. The summed E-state index contributed by atoms with van der Waals surface area (Å²) in [6.45, 7) is 5.04. The number of ether oxygens (including phenoxy) is 3. The normalized spacial score (nSPS) is 15.1. The summed E-state index contributed by atoms with van der Waals surface area (Å²) in [5.41, 5.74) is 9.02. The van der Waals surface area contributed by atoms with Crippen molar-refractivity contribution in [2.24, 2.45) is 5.73 Å². The zero-order chi connectivity index (χ0) is 30.7. The van der Waals surface area contributed by atoms with Gasteiger partial charge in [-0.15, -0.1) is 0 Å². The number of hydrogen-bond acceptors (Lipinski definition) is 9. The molecule has 1 fully saturated rings. The molecule has 2 heterocycles. The predicted octanol–water partition coefficient (Wildman–Crippen LogP) is 1.88. The quantitative estimate of drug-likeness (QED) is 0.223. The first kappa shape index (κ1) is 31.9. The Kier molecular flexibility index (Phi) is 11.5. The van der Waals surface area contributed by atoms with Crippen molar-refractivity contribution in [3.05, 3.63) is 58.6 Å². The highest BCUT2D eigenvalue weighted by molar-refractivity contribution is 5.86. The van der Waals surface area contributed by atoms with Gasteiger partial charge in [0.1, 0.15) is 6.04 Å². The van der Waals surface area contributed by atoms with Gasteiger partial charge in [-0.05, 0) is 48.6 Å². The van der Waals surface area contributed by atoms with Gasteiger partial charge in [-0.1, -0.05) is 30.3 Å². The molecule has 2 aromatic carbocycles. The Balaban J connectivity index is 1.32. The molecule has 3 aromatic rings. The Labute approximate surface area is 250 Å². The highest BCUT2D eigenvalue weighted by Crippen LogP contribution is 2.25. The Hall–Kier alpha value is -4.02. The minimum atomic E-state index is -1.02. The molecule has 4 rings (SSSR count). The molecule has 1 aliphatic heterocycles. The zero-order valence-corrected chi connectivity index (χ0v) is 24.4. The first-order chi connectivity index (χ1) is 20.8. The number of hydrogen-bond donors (Lipinski definition) is 3. The summed E-state index contributed by atoms with van der Waals surface area (Å²) in [6, 6.07) is 14.6. The molecule has 230 valence electrons. The SMILES string of the molecule is CCOCCNC(=O)CCOCCn1c(=O)oc2ccc(-c3ccc(C[C@@H](C#N)NC(=O)C4(N)CCOCC4)cc3)cc21. The van der Waals surface area contributed by atoms with E-state index in [4.69, 9.17) is 24.4 Å². The van der Waals surface area contributed by atoms with E-state index in [1.54, 1.807) is 6.07 Å². The summed E-state index contributed by atoms with van der Waals surface area (Å²) >= 11 is 0. The van der Waals surface area contributed by atoms with Crippen molar-refractivity contribution in [3.63, 3.8) is 0 Å². The third-order valence-corrected chi connectivity index (χ3v) is 7.40. The van der Waals surface area contributed by atoms with Gasteiger partial charge in [0, 0.05) is 39.2 Å². The number of nitrogens with zero attached hydrogens (tertiary/aromatic N) is 2. The predicted molar refractivity (Wildman–Crippen MR) is 159 cm³/mol. The Bertz CT molecular complexity index is 1470. The van der Waals surface area contributed by atoms with Gasteiger partial charge in [-0.2, -0.15) is 5.26 Å². The summed E-state index contributed by atoms with van der Waals surface area (Å²) in [6.07, 6.45) is 1.40. The maximum atomic E-state index is 12.7. The second kappa shape index (κ2) is 15.5. The first-order valence-corrected chi connectivity index (χ1v) is 14.5. The monoisotopic (exact) mass is 593 g/mol. The third-order valence-electron chi connectivity index (χ3n) is 7.40. The largest absolute Gasteiger partial charge is 0.420 e. The van der Waals surface area contributed by atoms with Crippen LogP contribution in [-0.2, 0) is 36.8 Å². The lowest BCUT2D eigenvalue weighted by molar-refractivity contribution is -0.130. The zero-order valence-electron chi connectivity index (χ0n) is 24.4. The number of nitrogens with two attached hydrogens (primary N) is 1. The van der Waals surface area contributed by atoms with E-state index in [2.05, 4.69) is 16.7 Å². The van der Waals surface area contributed by atoms with Gasteiger partial charge in [0.15, 0.2) is 5.58 Å². The van der Waals surface area contributed by atoms with Crippen molar-refractivity contribution in [2.75, 3.05) is 46.2 Å². The van der Waals surface area contributed by atoms with Crippen molar-refractivity contribution in [1.82, 2.24) is 15.2 Å². The molecule has 1 aromatic heterocycles. The molecular formula is C31H39N5O7. The van der Waals surface area contributed by atoms with Gasteiger partial charge in [-0.3, -0.25) is 14.2 Å². The van der Waals surface area contributed by atoms with Gasteiger partial charge in [0.05, 0.1) is 43.5 Å². The summed E-state index contributed by atoms with van der Waals surface area (Å²) in [5, 5.41) is 15.2. The Morgan fingerprint density at radius 2 is 1.84 bits per heavy atom. The van der Waals surface area contributed by atoms with Crippen LogP contribution in [0.2, 0.25) is 0 Å². The number of aromatic nitrogens is 1. The molecule has 12 nitrogen and oxygen atoms in total. The minimum Gasteiger partial charge on any atom is -0.408 e. The van der Waals surface area contributed by atoms with Crippen molar-refractivity contribution in [2.45, 2.75) is 50.7 Å². The number of nitrogens with one attached hydrogen (secondary N) is 2. The van der Waals surface area contributed by atoms with Crippen LogP contribution in [0, 0.1) is 11.3 Å². The molecule has 0 unspecified atom stereocenters. The van der Waals surface area contributed by atoms with Crippen LogP contribution in [0.15, 0.2) is 51.7 Å². The van der Waals surface area contributed by atoms with Crippen molar-refractivity contribution < 1.29 is 28.2 Å². The molecule has 43 heavy (non-hydrogen) atoms. The lowest BCUT2D eigenvalue weighted by atomic mass is 9.90. The van der Waals surface area contributed by atoms with E-state index in [0.717, 1.165) is 16.7 Å². The Morgan fingerprint density at radius 1 is 1.09 bits per heavy atom. The van der Waals surface area contributed by atoms with E-state index in [0.29, 0.717) is 63.3 Å². The standard InChI is InChI=1S/C31H39N5O7/c1-2-40-17-12-34-28(37)9-14-41-18-13-36-26-20-24(7-8-27(26)43-30(36)39)23-5-3-22(4-6-23)19-25(21-32)35-29(38)31(33)10-15-42-16-11-31/h3-8,20,25H,2,9-19,33H2,1H3,(H,34,37)(H,35,38)/t25-/m0/s1. The first-order valence-electron chi connectivity index (χ1n) is 14.5. The fraction of sp³-hybridized carbons (Fsp3) is 0.484. The van der Waals surface area contributed by atoms with Crippen LogP contribution >= 0.6 is 0 Å². The molecule has 0 spiro atoms. The number of fused-ring (bicyclic) bond motifs is 1. The van der Waals surface area contributed by atoms with Crippen molar-refractivity contribution in [3.8, 4) is 17.2 Å². The van der Waals surface area contributed by atoms with Crippen LogP contribution in [-0.4, -0.2) is 74.1 Å². The molecule has 12 heteroatoms. The molecule has 0 aliphatic carbocycles. The van der Waals surface area contributed by atoms with Crippen LogP contribution in [0.1, 0.15) is 31.7 Å². The number of nitriles is 1. The van der Waals surface area contributed by atoms with Crippen LogP contribution in [0.3, 0.4) is 0 Å². The lowest BCUT2D eigenvalue weighted by Crippen LogP contribution is -2.58. The molecule has 0 bridgehead atoms. The van der Waals surface area contributed by atoms with E-state index in [-0.39, 0.29) is 38.0 Å². The highest BCUT2D eigenvalue weighted by atomic mass is 16.5. The topological polar surface area (TPSA) is 171 Å². The second-order valence-corrected chi connectivity index (χ2v) is 10.4. The van der Waals surface area contributed by atoms with Crippen LogP contribution in [0.5, 0.6) is 0 Å². The van der Waals surface area contributed by atoms with E-state index >= 15 is 0 Å². The Morgan fingerprint density at radius 3 is 2.56 bits per heavy atom. The van der Waals surface area contributed by atoms with Crippen molar-refractivity contribution in [1.29, 1.82) is 5.26 Å². The van der Waals surface area contributed by atoms with E-state index in [9.17, 15) is 19.6 Å². The van der Waals surface area contributed by atoms with Crippen molar-refractivity contribution >= 4 is 22.9 Å². The molecule has 1 atom stereocenters. The van der Waals surface area contributed by atoms with E-state index in [1.807, 2.05) is 43.3 Å². The maximum absolute atomic E-state index is 12.7. The summed E-state index contributed by atoms with van der Waals surface area (Å²) in [4.78, 5) is 37.1. The number of benzene rings is 2. The number of carbonyl (C=O) groups is 2. The lowest BCUT2D eigenvalue weighted by Gasteiger charge is -2.32. The summed E-state index contributed by atoms with van der Waals surface area (Å²) in [7, 11) is 0. The average molecular weight is 594 g/mol. The fourth-order valence-corrected chi connectivity index (χ4v) is 4.83. The number of amides is 2. The van der Waals surface area contributed by atoms with Crippen LogP contribution in [0.25, 0.3) is 22.2 Å². The number of carbonyl (C=O) groups excluding carboxylic acids is 2. The summed E-state index contributed by atoms with van der Waals surface area (Å²) in [5.74, 6) is -0.930. The number of oxazole rings is 1. The maximum Gasteiger partial charge on any atom is 0.420 e. The van der Waals surface area contributed by atoms with Gasteiger partial charge in [0.25, 0.3) is 0 Å². The van der Waals surface area contributed by atoms with Gasteiger partial charge in [-0.25, -0.2) is 4.79 Å². The molecular weight excluding hydrogens is 554 g/mol. The smallest absolute Gasteiger partial charge is 0.408 e. The summed E-state index contributed by atoms with van der Waals surface area (Å²) < 4.78 is 23.0. The molecule has 2 amide bonds. The van der Waals surface area contributed by atoms with E-state index in [1.165, 1.54) is 4.57 Å². The van der Waals surface area contributed by atoms with Crippen LogP contribution < -0.4 is 22.1 Å². The molecule has 0 radical (unpaired) electrons. The second-order valence-electron chi connectivity index (χ2n) is 10.4. The minimum absolute atomic E-state index is 0.117. The van der Waals surface area contributed by atoms with Gasteiger partial charge >= 0.3 is 5.76 Å². The van der Waals surface area contributed by atoms with E-state index < -0.39 is 17.3 Å². The molecule has 0 saturated carbocycles. The molecule has 4 N–H and O–H groups in total. The highest BCUT2D eigenvalue weighted by Gasteiger charge is 2.36. The van der Waals surface area contributed by atoms with Gasteiger partial charge in [0.2, 0.25) is 11.8 Å². The van der Waals surface area contributed by atoms with Gasteiger partial charge < -0.3 is 35.0 Å². The van der Waals surface area contributed by atoms with Crippen LogP contribution in [0.4, 0.5) is 0 Å².